The molecule has 37 heavy (non-hydrogen) atoms. The minimum Gasteiger partial charge on any atom is -0.497 e. The zero-order valence-electron chi connectivity index (χ0n) is 21.3. The van der Waals surface area contributed by atoms with E-state index in [1.807, 2.05) is 12.1 Å². The van der Waals surface area contributed by atoms with Crippen LogP contribution in [0.1, 0.15) is 42.3 Å². The van der Waals surface area contributed by atoms with Gasteiger partial charge in [-0.25, -0.2) is 0 Å². The molecule has 0 aliphatic carbocycles. The second kappa shape index (κ2) is 13.1. The molecule has 0 saturated carbocycles. The third kappa shape index (κ3) is 7.72. The Hall–Kier alpha value is -3.53. The van der Waals surface area contributed by atoms with Crippen molar-refractivity contribution < 1.29 is 28.3 Å². The van der Waals surface area contributed by atoms with Crippen molar-refractivity contribution in [2.24, 2.45) is 0 Å². The lowest BCUT2D eigenvalue weighted by atomic mass is 10.0. The van der Waals surface area contributed by atoms with Crippen LogP contribution >= 0.6 is 11.6 Å². The smallest absolute Gasteiger partial charge is 0.289 e. The number of furan rings is 1. The summed E-state index contributed by atoms with van der Waals surface area (Å²) in [6.07, 6.45) is 1.24. The monoisotopic (exact) mass is 532 g/mol. The maximum absolute atomic E-state index is 13.3. The van der Waals surface area contributed by atoms with E-state index in [9.17, 15) is 19.2 Å². The summed E-state index contributed by atoms with van der Waals surface area (Å²) >= 11 is 5.82. The molecule has 4 amide bonds. The Morgan fingerprint density at radius 1 is 1.11 bits per heavy atom. The SMILES string of the molecule is COc1ccc(C[C@@H]2NC(=O)CCCN(C(=O)c3ccc(Cl)o3)CCCNC(=O)[C@H](C)N(C)C2=O)cc1. The molecule has 2 heterocycles. The van der Waals surface area contributed by atoms with Crippen molar-refractivity contribution in [1.29, 1.82) is 0 Å². The number of halogens is 1. The lowest BCUT2D eigenvalue weighted by Gasteiger charge is -2.29. The number of nitrogens with one attached hydrogen (secondary N) is 2. The van der Waals surface area contributed by atoms with Gasteiger partial charge >= 0.3 is 0 Å². The van der Waals surface area contributed by atoms with E-state index in [4.69, 9.17) is 20.8 Å². The van der Waals surface area contributed by atoms with E-state index in [0.29, 0.717) is 38.2 Å². The van der Waals surface area contributed by atoms with Crippen LogP contribution in [0.2, 0.25) is 5.22 Å². The van der Waals surface area contributed by atoms with Crippen LogP contribution in [-0.2, 0) is 20.8 Å². The third-order valence-electron chi connectivity index (χ3n) is 6.35. The van der Waals surface area contributed by atoms with Crippen LogP contribution in [0, 0.1) is 0 Å². The van der Waals surface area contributed by atoms with Gasteiger partial charge in [0.25, 0.3) is 5.91 Å². The molecule has 0 radical (unpaired) electrons. The average molecular weight is 533 g/mol. The molecule has 1 aliphatic heterocycles. The zero-order chi connectivity index (χ0) is 26.9. The van der Waals surface area contributed by atoms with E-state index in [0.717, 1.165) is 5.56 Å². The fourth-order valence-corrected chi connectivity index (χ4v) is 4.18. The van der Waals surface area contributed by atoms with E-state index in [-0.39, 0.29) is 47.5 Å². The van der Waals surface area contributed by atoms with E-state index in [1.54, 1.807) is 38.1 Å². The first-order valence-corrected chi connectivity index (χ1v) is 12.6. The Morgan fingerprint density at radius 2 is 1.81 bits per heavy atom. The summed E-state index contributed by atoms with van der Waals surface area (Å²) in [5.41, 5.74) is 0.830. The molecule has 0 unspecified atom stereocenters. The fraction of sp³-hybridized carbons (Fsp3) is 0.462. The van der Waals surface area contributed by atoms with Crippen molar-refractivity contribution in [2.45, 2.75) is 44.7 Å². The quantitative estimate of drug-likeness (QED) is 0.623. The lowest BCUT2D eigenvalue weighted by Crippen LogP contribution is -2.54. The number of benzene rings is 1. The molecule has 0 bridgehead atoms. The summed E-state index contributed by atoms with van der Waals surface area (Å²) < 4.78 is 10.4. The topological polar surface area (TPSA) is 121 Å². The number of carbonyl (C=O) groups is 4. The summed E-state index contributed by atoms with van der Waals surface area (Å²) in [4.78, 5) is 54.8. The van der Waals surface area contributed by atoms with Crippen LogP contribution in [0.4, 0.5) is 0 Å². The van der Waals surface area contributed by atoms with Gasteiger partial charge in [0.1, 0.15) is 17.8 Å². The third-order valence-corrected chi connectivity index (χ3v) is 6.55. The summed E-state index contributed by atoms with van der Waals surface area (Å²) in [5, 5.41) is 5.76. The summed E-state index contributed by atoms with van der Waals surface area (Å²) in [5.74, 6) is -0.565. The number of hydrogen-bond acceptors (Lipinski definition) is 6. The van der Waals surface area contributed by atoms with Crippen LogP contribution in [0.5, 0.6) is 5.75 Å². The molecule has 0 spiro atoms. The predicted molar refractivity (Wildman–Crippen MR) is 137 cm³/mol. The summed E-state index contributed by atoms with van der Waals surface area (Å²) in [6.45, 7) is 2.60. The molecule has 2 aromatic rings. The highest BCUT2D eigenvalue weighted by Crippen LogP contribution is 2.17. The van der Waals surface area contributed by atoms with Gasteiger partial charge in [-0.1, -0.05) is 12.1 Å². The van der Waals surface area contributed by atoms with Crippen molar-refractivity contribution in [3.05, 3.63) is 52.9 Å². The van der Waals surface area contributed by atoms with Gasteiger partial charge in [0.05, 0.1) is 7.11 Å². The fourth-order valence-electron chi connectivity index (χ4n) is 4.04. The number of amides is 4. The van der Waals surface area contributed by atoms with Crippen LogP contribution in [0.25, 0.3) is 0 Å². The van der Waals surface area contributed by atoms with Gasteiger partial charge in [-0.15, -0.1) is 0 Å². The van der Waals surface area contributed by atoms with Gasteiger partial charge in [0.2, 0.25) is 17.7 Å². The molecule has 3 rings (SSSR count). The average Bonchev–Trinajstić information content (AvgIpc) is 3.33. The van der Waals surface area contributed by atoms with Gasteiger partial charge in [-0.05, 0) is 61.2 Å². The first-order valence-electron chi connectivity index (χ1n) is 12.2. The first-order chi connectivity index (χ1) is 17.7. The minimum absolute atomic E-state index is 0.108. The van der Waals surface area contributed by atoms with Crippen LogP contribution in [0.3, 0.4) is 0 Å². The highest BCUT2D eigenvalue weighted by Gasteiger charge is 2.30. The van der Waals surface area contributed by atoms with Crippen molar-refractivity contribution in [3.63, 3.8) is 0 Å². The highest BCUT2D eigenvalue weighted by molar-refractivity contribution is 6.29. The summed E-state index contributed by atoms with van der Waals surface area (Å²) in [6, 6.07) is 8.60. The molecule has 1 aromatic carbocycles. The molecule has 1 fully saturated rings. The first kappa shape index (κ1) is 28.0. The van der Waals surface area contributed by atoms with Crippen molar-refractivity contribution >= 4 is 35.2 Å². The van der Waals surface area contributed by atoms with Gasteiger partial charge < -0.3 is 29.6 Å². The van der Waals surface area contributed by atoms with Gasteiger partial charge in [0, 0.05) is 39.5 Å². The number of ether oxygens (including phenoxy) is 1. The van der Waals surface area contributed by atoms with Gasteiger partial charge in [-0.3, -0.25) is 19.2 Å². The zero-order valence-corrected chi connectivity index (χ0v) is 22.0. The number of likely N-dealkylation sites (N-methyl/N-ethyl adjacent to an activating group) is 1. The normalized spacial score (nSPS) is 20.5. The number of rotatable bonds is 4. The molecular weight excluding hydrogens is 500 g/mol. The second-order valence-electron chi connectivity index (χ2n) is 8.94. The second-order valence-corrected chi connectivity index (χ2v) is 9.31. The molecule has 2 N–H and O–H groups in total. The predicted octanol–water partition coefficient (Wildman–Crippen LogP) is 2.26. The number of nitrogens with zero attached hydrogens (tertiary/aromatic N) is 2. The maximum Gasteiger partial charge on any atom is 0.289 e. The summed E-state index contributed by atoms with van der Waals surface area (Å²) in [7, 11) is 3.12. The Labute approximate surface area is 221 Å². The van der Waals surface area contributed by atoms with Crippen molar-refractivity contribution in [1.82, 2.24) is 20.4 Å². The van der Waals surface area contributed by atoms with E-state index < -0.39 is 12.1 Å². The standard InChI is InChI=1S/C26H33ClN4O6/c1-17-24(33)28-13-5-15-31(26(35)21-11-12-22(27)37-21)14-4-6-23(32)29-20(25(34)30(17)2)16-18-7-9-19(36-3)10-8-18/h7-12,17,20H,4-6,13-16H2,1-3H3,(H,28,33)(H,29,32)/t17-,20-/m0/s1. The van der Waals surface area contributed by atoms with Crippen molar-refractivity contribution in [3.8, 4) is 5.75 Å². The highest BCUT2D eigenvalue weighted by atomic mass is 35.5. The molecular formula is C26H33ClN4O6. The molecule has 11 heteroatoms. The largest absolute Gasteiger partial charge is 0.497 e. The van der Waals surface area contributed by atoms with Gasteiger partial charge in [-0.2, -0.15) is 0 Å². The van der Waals surface area contributed by atoms with Crippen LogP contribution < -0.4 is 15.4 Å². The Morgan fingerprint density at radius 3 is 2.46 bits per heavy atom. The van der Waals surface area contributed by atoms with Crippen LogP contribution in [-0.4, -0.2) is 79.3 Å². The minimum atomic E-state index is -0.866. The van der Waals surface area contributed by atoms with E-state index in [2.05, 4.69) is 10.6 Å². The molecule has 1 aromatic heterocycles. The van der Waals surface area contributed by atoms with Crippen LogP contribution in [0.15, 0.2) is 40.8 Å². The Kier molecular flexibility index (Phi) is 9.96. The number of hydrogen-bond donors (Lipinski definition) is 2. The Balaban J connectivity index is 1.78. The van der Waals surface area contributed by atoms with E-state index in [1.165, 1.54) is 17.0 Å². The number of methoxy groups -OCH3 is 1. The molecule has 200 valence electrons. The molecule has 1 aliphatic rings. The van der Waals surface area contributed by atoms with E-state index >= 15 is 0 Å². The lowest BCUT2D eigenvalue weighted by molar-refractivity contribution is -0.141. The maximum atomic E-state index is 13.3. The molecule has 1 saturated heterocycles. The van der Waals surface area contributed by atoms with Gasteiger partial charge in [0.15, 0.2) is 11.0 Å². The van der Waals surface area contributed by atoms with Crippen molar-refractivity contribution in [2.75, 3.05) is 33.8 Å². The Bertz CT molecular complexity index is 1100. The number of carbonyl (C=O) groups excluding carboxylic acids is 4. The molecule has 10 nitrogen and oxygen atoms in total. The molecule has 2 atom stereocenters.